The van der Waals surface area contributed by atoms with Crippen molar-refractivity contribution in [3.05, 3.63) is 29.3 Å². The summed E-state index contributed by atoms with van der Waals surface area (Å²) in [6, 6.07) is 5.84. The fraction of sp³-hybridized carbons (Fsp3) is 0.588. The van der Waals surface area contributed by atoms with Gasteiger partial charge in [0.25, 0.3) is 0 Å². The van der Waals surface area contributed by atoms with E-state index in [4.69, 9.17) is 0 Å². The zero-order valence-corrected chi connectivity index (χ0v) is 13.9. The predicted molar refractivity (Wildman–Crippen MR) is 87.9 cm³/mol. The van der Waals surface area contributed by atoms with Crippen molar-refractivity contribution in [2.24, 2.45) is 0 Å². The Bertz CT molecular complexity index is 467. The number of hydrogen-bond acceptors (Lipinski definition) is 2. The fourth-order valence-electron chi connectivity index (χ4n) is 2.19. The Balaban J connectivity index is 3.08. The maximum absolute atomic E-state index is 12.2. The van der Waals surface area contributed by atoms with Crippen molar-refractivity contribution in [2.75, 3.05) is 11.9 Å². The van der Waals surface area contributed by atoms with Gasteiger partial charge in [0.15, 0.2) is 0 Å². The first kappa shape index (κ1) is 17.5. The molecule has 0 aromatic heterocycles. The number of aliphatic hydroxyl groups is 1. The summed E-state index contributed by atoms with van der Waals surface area (Å²) in [7, 11) is 0. The Labute approximate surface area is 128 Å². The van der Waals surface area contributed by atoms with Gasteiger partial charge in [0.2, 0.25) is 0 Å². The first-order valence-electron chi connectivity index (χ1n) is 7.50. The molecule has 0 fully saturated rings. The van der Waals surface area contributed by atoms with Crippen molar-refractivity contribution >= 4 is 11.7 Å². The van der Waals surface area contributed by atoms with E-state index in [-0.39, 0.29) is 12.6 Å². The summed E-state index contributed by atoms with van der Waals surface area (Å²) >= 11 is 0. The lowest BCUT2D eigenvalue weighted by Crippen LogP contribution is -2.48. The van der Waals surface area contributed by atoms with Crippen molar-refractivity contribution in [1.29, 1.82) is 0 Å². The molecule has 4 nitrogen and oxygen atoms in total. The van der Waals surface area contributed by atoms with Crippen LogP contribution in [0.2, 0.25) is 0 Å². The summed E-state index contributed by atoms with van der Waals surface area (Å²) in [6.07, 6.45) is 0. The van der Waals surface area contributed by atoms with E-state index in [9.17, 15) is 9.90 Å². The number of para-hydroxylation sites is 1. The Morgan fingerprint density at radius 3 is 2.00 bits per heavy atom. The number of anilines is 1. The number of benzene rings is 1. The Morgan fingerprint density at radius 2 is 1.62 bits per heavy atom. The number of urea groups is 1. The summed E-state index contributed by atoms with van der Waals surface area (Å²) in [4.78, 5) is 12.2. The smallest absolute Gasteiger partial charge is 0.319 e. The fourth-order valence-corrected chi connectivity index (χ4v) is 2.19. The predicted octanol–water partition coefficient (Wildman–Crippen LogP) is 3.83. The quantitative estimate of drug-likeness (QED) is 0.772. The molecule has 0 saturated heterocycles. The third-order valence-electron chi connectivity index (χ3n) is 3.46. The van der Waals surface area contributed by atoms with Gasteiger partial charge >= 0.3 is 6.03 Å². The summed E-state index contributed by atoms with van der Waals surface area (Å²) < 4.78 is 0. The molecule has 0 spiro atoms. The van der Waals surface area contributed by atoms with Crippen LogP contribution >= 0.6 is 0 Å². The highest BCUT2D eigenvalue weighted by Crippen LogP contribution is 2.32. The van der Waals surface area contributed by atoms with Crippen molar-refractivity contribution in [3.8, 4) is 0 Å². The van der Waals surface area contributed by atoms with Crippen molar-refractivity contribution in [2.45, 2.75) is 58.9 Å². The standard InChI is InChI=1S/C17H28N2O2/c1-11(2)13-8-7-9-14(12(3)4)15(13)18-16(21)19-17(5,6)10-20/h7-9,11-12,20H,10H2,1-6H3,(H2,18,19,21). The molecular formula is C17H28N2O2. The molecule has 0 unspecified atom stereocenters. The summed E-state index contributed by atoms with van der Waals surface area (Å²) in [5.41, 5.74) is 2.49. The van der Waals surface area contributed by atoms with E-state index in [1.807, 2.05) is 18.2 Å². The number of carbonyl (C=O) groups is 1. The number of carbonyl (C=O) groups excluding carboxylic acids is 1. The first-order chi connectivity index (χ1) is 9.68. The molecule has 0 aliphatic rings. The molecular weight excluding hydrogens is 264 g/mol. The highest BCUT2D eigenvalue weighted by atomic mass is 16.3. The zero-order valence-electron chi connectivity index (χ0n) is 13.9. The van der Waals surface area contributed by atoms with Crippen LogP contribution in [0.15, 0.2) is 18.2 Å². The number of amides is 2. The van der Waals surface area contributed by atoms with Gasteiger partial charge in [0.1, 0.15) is 0 Å². The Kier molecular flexibility index (Phi) is 5.78. The summed E-state index contributed by atoms with van der Waals surface area (Å²) in [5, 5.41) is 15.0. The molecule has 21 heavy (non-hydrogen) atoms. The van der Waals surface area contributed by atoms with Gasteiger partial charge in [-0.2, -0.15) is 0 Å². The van der Waals surface area contributed by atoms with E-state index in [1.165, 1.54) is 0 Å². The number of aliphatic hydroxyl groups excluding tert-OH is 1. The third-order valence-corrected chi connectivity index (χ3v) is 3.46. The van der Waals surface area contributed by atoms with Gasteiger partial charge in [-0.25, -0.2) is 4.79 Å². The van der Waals surface area contributed by atoms with Gasteiger partial charge in [0, 0.05) is 5.69 Å². The molecule has 0 atom stereocenters. The zero-order chi connectivity index (χ0) is 16.2. The van der Waals surface area contributed by atoms with E-state index in [2.05, 4.69) is 38.3 Å². The molecule has 0 aliphatic heterocycles. The topological polar surface area (TPSA) is 61.4 Å². The van der Waals surface area contributed by atoms with Crippen LogP contribution in [0.5, 0.6) is 0 Å². The third kappa shape index (κ3) is 4.74. The van der Waals surface area contributed by atoms with Crippen LogP contribution in [0.25, 0.3) is 0 Å². The van der Waals surface area contributed by atoms with Crippen LogP contribution in [0, 0.1) is 0 Å². The molecule has 1 aromatic carbocycles. The van der Waals surface area contributed by atoms with E-state index >= 15 is 0 Å². The van der Waals surface area contributed by atoms with Crippen LogP contribution < -0.4 is 10.6 Å². The molecule has 0 bridgehead atoms. The minimum absolute atomic E-state index is 0.108. The van der Waals surface area contributed by atoms with Crippen molar-refractivity contribution < 1.29 is 9.90 Å². The molecule has 0 heterocycles. The minimum Gasteiger partial charge on any atom is -0.394 e. The van der Waals surface area contributed by atoms with Gasteiger partial charge in [0.05, 0.1) is 12.1 Å². The van der Waals surface area contributed by atoms with Gasteiger partial charge < -0.3 is 15.7 Å². The van der Waals surface area contributed by atoms with Crippen molar-refractivity contribution in [1.82, 2.24) is 5.32 Å². The first-order valence-corrected chi connectivity index (χ1v) is 7.50. The SMILES string of the molecule is CC(C)c1cccc(C(C)C)c1NC(=O)NC(C)(C)CO. The number of hydrogen-bond donors (Lipinski definition) is 3. The van der Waals surface area contributed by atoms with Gasteiger partial charge in [-0.15, -0.1) is 0 Å². The molecule has 1 rings (SSSR count). The number of nitrogens with one attached hydrogen (secondary N) is 2. The van der Waals surface area contributed by atoms with E-state index in [1.54, 1.807) is 13.8 Å². The normalized spacial score (nSPS) is 11.9. The van der Waals surface area contributed by atoms with Gasteiger partial charge in [-0.05, 0) is 36.8 Å². The second-order valence-corrected chi connectivity index (χ2v) is 6.74. The highest BCUT2D eigenvalue weighted by molar-refractivity contribution is 5.91. The second kappa shape index (κ2) is 6.94. The number of rotatable bonds is 5. The van der Waals surface area contributed by atoms with E-state index in [0.717, 1.165) is 16.8 Å². The maximum Gasteiger partial charge on any atom is 0.319 e. The lowest BCUT2D eigenvalue weighted by atomic mass is 9.93. The van der Waals surface area contributed by atoms with Crippen LogP contribution in [-0.2, 0) is 0 Å². The van der Waals surface area contributed by atoms with Gasteiger partial charge in [-0.3, -0.25) is 0 Å². The molecule has 2 amide bonds. The molecule has 3 N–H and O–H groups in total. The molecule has 0 aliphatic carbocycles. The average Bonchev–Trinajstić information content (AvgIpc) is 2.37. The lowest BCUT2D eigenvalue weighted by Gasteiger charge is -2.26. The largest absolute Gasteiger partial charge is 0.394 e. The summed E-state index contributed by atoms with van der Waals surface area (Å²) in [5.74, 6) is 0.648. The average molecular weight is 292 g/mol. The second-order valence-electron chi connectivity index (χ2n) is 6.74. The molecule has 0 radical (unpaired) electrons. The maximum atomic E-state index is 12.2. The van der Waals surface area contributed by atoms with Crippen LogP contribution in [0.1, 0.15) is 64.5 Å². The highest BCUT2D eigenvalue weighted by Gasteiger charge is 2.21. The molecule has 118 valence electrons. The van der Waals surface area contributed by atoms with Crippen molar-refractivity contribution in [3.63, 3.8) is 0 Å². The van der Waals surface area contributed by atoms with Crippen LogP contribution in [0.4, 0.5) is 10.5 Å². The Morgan fingerprint density at radius 1 is 1.14 bits per heavy atom. The van der Waals surface area contributed by atoms with Crippen LogP contribution in [0.3, 0.4) is 0 Å². The van der Waals surface area contributed by atoms with E-state index < -0.39 is 5.54 Å². The molecule has 4 heteroatoms. The van der Waals surface area contributed by atoms with Gasteiger partial charge in [-0.1, -0.05) is 45.9 Å². The van der Waals surface area contributed by atoms with E-state index in [0.29, 0.717) is 11.8 Å². The Hall–Kier alpha value is -1.55. The minimum atomic E-state index is -0.644. The van der Waals surface area contributed by atoms with Crippen LogP contribution in [-0.4, -0.2) is 23.3 Å². The lowest BCUT2D eigenvalue weighted by molar-refractivity contribution is 0.187. The summed E-state index contributed by atoms with van der Waals surface area (Å²) in [6.45, 7) is 11.9. The molecule has 1 aromatic rings. The monoisotopic (exact) mass is 292 g/mol. The molecule has 0 saturated carbocycles.